The fourth-order valence-electron chi connectivity index (χ4n) is 2.41. The number of anilines is 2. The van der Waals surface area contributed by atoms with E-state index in [4.69, 9.17) is 0 Å². The number of amidine groups is 1. The Morgan fingerprint density at radius 1 is 1.13 bits per heavy atom. The van der Waals surface area contributed by atoms with Gasteiger partial charge in [0.2, 0.25) is 0 Å². The molecule has 2 amide bonds. The van der Waals surface area contributed by atoms with Gasteiger partial charge in [-0.15, -0.1) is 0 Å². The van der Waals surface area contributed by atoms with Crippen molar-refractivity contribution in [2.45, 2.75) is 0 Å². The maximum absolute atomic E-state index is 12.1. The van der Waals surface area contributed by atoms with Crippen molar-refractivity contribution in [3.8, 4) is 0 Å². The molecule has 0 aliphatic carbocycles. The molecule has 23 heavy (non-hydrogen) atoms. The van der Waals surface area contributed by atoms with Crippen LogP contribution in [0.25, 0.3) is 0 Å². The molecule has 0 saturated carbocycles. The van der Waals surface area contributed by atoms with Crippen molar-refractivity contribution in [1.29, 1.82) is 0 Å². The zero-order valence-corrected chi connectivity index (χ0v) is 14.3. The first-order valence-corrected chi connectivity index (χ1v) is 8.11. The number of amides is 2. The highest BCUT2D eigenvalue weighted by molar-refractivity contribution is 9.10. The number of nitrogens with zero attached hydrogens (tertiary/aromatic N) is 2. The van der Waals surface area contributed by atoms with Gasteiger partial charge in [0.05, 0.1) is 6.54 Å². The van der Waals surface area contributed by atoms with Crippen molar-refractivity contribution in [1.82, 2.24) is 4.90 Å². The maximum atomic E-state index is 12.1. The largest absolute Gasteiger partial charge is 0.358 e. The molecule has 6 heteroatoms. The lowest BCUT2D eigenvalue weighted by Gasteiger charge is -2.15. The van der Waals surface area contributed by atoms with E-state index in [2.05, 4.69) is 36.5 Å². The molecule has 5 nitrogen and oxygen atoms in total. The van der Waals surface area contributed by atoms with Crippen LogP contribution < -0.4 is 10.6 Å². The SMILES string of the molecule is CN1CCN=C1c1cccc(NC(=O)Nc2ccc(Br)cc2)c1. The lowest BCUT2D eigenvalue weighted by atomic mass is 10.1. The van der Waals surface area contributed by atoms with Gasteiger partial charge in [0.15, 0.2) is 0 Å². The van der Waals surface area contributed by atoms with E-state index >= 15 is 0 Å². The molecule has 0 radical (unpaired) electrons. The third kappa shape index (κ3) is 3.90. The van der Waals surface area contributed by atoms with Crippen LogP contribution in [0, 0.1) is 0 Å². The quantitative estimate of drug-likeness (QED) is 0.860. The Hall–Kier alpha value is -2.34. The van der Waals surface area contributed by atoms with Gasteiger partial charge in [-0.2, -0.15) is 0 Å². The molecule has 118 valence electrons. The molecule has 0 spiro atoms. The van der Waals surface area contributed by atoms with Gasteiger partial charge in [0.1, 0.15) is 5.84 Å². The molecule has 2 aromatic rings. The van der Waals surface area contributed by atoms with E-state index in [1.165, 1.54) is 0 Å². The molecule has 0 unspecified atom stereocenters. The van der Waals surface area contributed by atoms with Crippen LogP contribution in [0.2, 0.25) is 0 Å². The van der Waals surface area contributed by atoms with E-state index in [0.29, 0.717) is 0 Å². The Balaban J connectivity index is 1.68. The summed E-state index contributed by atoms with van der Waals surface area (Å²) in [4.78, 5) is 18.7. The first kappa shape index (κ1) is 15.6. The number of urea groups is 1. The number of carbonyl (C=O) groups is 1. The third-order valence-corrected chi connectivity index (χ3v) is 4.07. The van der Waals surface area contributed by atoms with Gasteiger partial charge in [-0.25, -0.2) is 4.79 Å². The second-order valence-electron chi connectivity index (χ2n) is 5.29. The van der Waals surface area contributed by atoms with Crippen LogP contribution in [-0.2, 0) is 0 Å². The number of halogens is 1. The second kappa shape index (κ2) is 6.83. The standard InChI is InChI=1S/C17H17BrN4O/c1-22-10-9-19-16(22)12-3-2-4-15(11-12)21-17(23)20-14-7-5-13(18)6-8-14/h2-8,11H,9-10H2,1H3,(H2,20,21,23). The summed E-state index contributed by atoms with van der Waals surface area (Å²) < 4.78 is 0.970. The van der Waals surface area contributed by atoms with Crippen LogP contribution in [0.4, 0.5) is 16.2 Å². The predicted molar refractivity (Wildman–Crippen MR) is 97.3 cm³/mol. The summed E-state index contributed by atoms with van der Waals surface area (Å²) in [5, 5.41) is 5.65. The smallest absolute Gasteiger partial charge is 0.323 e. The van der Waals surface area contributed by atoms with E-state index in [0.717, 1.165) is 40.3 Å². The van der Waals surface area contributed by atoms with Crippen molar-refractivity contribution in [2.24, 2.45) is 4.99 Å². The minimum atomic E-state index is -0.272. The highest BCUT2D eigenvalue weighted by Crippen LogP contribution is 2.17. The summed E-state index contributed by atoms with van der Waals surface area (Å²) >= 11 is 3.37. The molecular weight excluding hydrogens is 356 g/mol. The van der Waals surface area contributed by atoms with Crippen LogP contribution in [-0.4, -0.2) is 36.9 Å². The predicted octanol–water partition coefficient (Wildman–Crippen LogP) is 3.79. The number of hydrogen-bond donors (Lipinski definition) is 2. The fourth-order valence-corrected chi connectivity index (χ4v) is 2.67. The average Bonchev–Trinajstić information content (AvgIpc) is 2.96. The van der Waals surface area contributed by atoms with Crippen LogP contribution in [0.15, 0.2) is 58.0 Å². The molecule has 0 atom stereocenters. The first-order valence-electron chi connectivity index (χ1n) is 7.31. The summed E-state index contributed by atoms with van der Waals surface area (Å²) in [5.74, 6) is 0.960. The Labute approximate surface area is 143 Å². The van der Waals surface area contributed by atoms with E-state index in [1.807, 2.05) is 55.6 Å². The number of carbonyl (C=O) groups excluding carboxylic acids is 1. The minimum absolute atomic E-state index is 0.272. The van der Waals surface area contributed by atoms with Crippen LogP contribution in [0.1, 0.15) is 5.56 Å². The topological polar surface area (TPSA) is 56.7 Å². The normalized spacial score (nSPS) is 13.7. The lowest BCUT2D eigenvalue weighted by molar-refractivity contribution is 0.262. The Kier molecular flexibility index (Phi) is 4.62. The number of rotatable bonds is 3. The number of benzene rings is 2. The first-order chi connectivity index (χ1) is 11.1. The van der Waals surface area contributed by atoms with Gasteiger partial charge in [-0.05, 0) is 36.4 Å². The summed E-state index contributed by atoms with van der Waals surface area (Å²) in [6.07, 6.45) is 0. The van der Waals surface area contributed by atoms with Crippen molar-refractivity contribution in [2.75, 3.05) is 30.8 Å². The third-order valence-electron chi connectivity index (χ3n) is 3.54. The number of aliphatic imine (C=N–C) groups is 1. The van der Waals surface area contributed by atoms with Crippen LogP contribution >= 0.6 is 15.9 Å². The maximum Gasteiger partial charge on any atom is 0.323 e. The molecule has 1 heterocycles. The minimum Gasteiger partial charge on any atom is -0.358 e. The van der Waals surface area contributed by atoms with Gasteiger partial charge >= 0.3 is 6.03 Å². The summed E-state index contributed by atoms with van der Waals surface area (Å²) in [6.45, 7) is 1.74. The lowest BCUT2D eigenvalue weighted by Crippen LogP contribution is -2.24. The molecular formula is C17H17BrN4O. The summed E-state index contributed by atoms with van der Waals surface area (Å²) in [7, 11) is 2.02. The van der Waals surface area contributed by atoms with Crippen molar-refractivity contribution in [3.05, 3.63) is 58.6 Å². The average molecular weight is 373 g/mol. The molecule has 0 saturated heterocycles. The Bertz CT molecular complexity index is 743. The molecule has 0 fully saturated rings. The van der Waals surface area contributed by atoms with Gasteiger partial charge in [-0.3, -0.25) is 4.99 Å². The molecule has 1 aliphatic rings. The van der Waals surface area contributed by atoms with E-state index < -0.39 is 0 Å². The van der Waals surface area contributed by atoms with Crippen molar-refractivity contribution in [3.63, 3.8) is 0 Å². The Morgan fingerprint density at radius 2 is 1.87 bits per heavy atom. The summed E-state index contributed by atoms with van der Waals surface area (Å²) in [6, 6.07) is 14.9. The van der Waals surface area contributed by atoms with Gasteiger partial charge in [0, 0.05) is 35.0 Å². The molecule has 2 aromatic carbocycles. The van der Waals surface area contributed by atoms with Gasteiger partial charge in [-0.1, -0.05) is 28.1 Å². The van der Waals surface area contributed by atoms with Gasteiger partial charge < -0.3 is 15.5 Å². The van der Waals surface area contributed by atoms with E-state index in [9.17, 15) is 4.79 Å². The van der Waals surface area contributed by atoms with Crippen LogP contribution in [0.3, 0.4) is 0 Å². The Morgan fingerprint density at radius 3 is 2.57 bits per heavy atom. The fraction of sp³-hybridized carbons (Fsp3) is 0.176. The highest BCUT2D eigenvalue weighted by atomic mass is 79.9. The zero-order valence-electron chi connectivity index (χ0n) is 12.7. The molecule has 3 rings (SSSR count). The van der Waals surface area contributed by atoms with E-state index in [1.54, 1.807) is 0 Å². The van der Waals surface area contributed by atoms with Crippen molar-refractivity contribution < 1.29 is 4.79 Å². The highest BCUT2D eigenvalue weighted by Gasteiger charge is 2.14. The molecule has 2 N–H and O–H groups in total. The zero-order chi connectivity index (χ0) is 16.2. The van der Waals surface area contributed by atoms with E-state index in [-0.39, 0.29) is 6.03 Å². The number of nitrogens with one attached hydrogen (secondary N) is 2. The summed E-state index contributed by atoms with van der Waals surface area (Å²) in [5.41, 5.74) is 2.48. The molecule has 0 aromatic heterocycles. The van der Waals surface area contributed by atoms with Crippen LogP contribution in [0.5, 0.6) is 0 Å². The molecule has 1 aliphatic heterocycles. The second-order valence-corrected chi connectivity index (χ2v) is 6.21. The van der Waals surface area contributed by atoms with Gasteiger partial charge in [0.25, 0.3) is 0 Å². The number of likely N-dealkylation sites (N-methyl/N-ethyl adjacent to an activating group) is 1. The van der Waals surface area contributed by atoms with Crippen molar-refractivity contribution >= 4 is 39.2 Å². The number of hydrogen-bond acceptors (Lipinski definition) is 3. The molecule has 0 bridgehead atoms. The monoisotopic (exact) mass is 372 g/mol.